The molecule has 1 rings (SSSR count). The van der Waals surface area contributed by atoms with E-state index in [-0.39, 0.29) is 27.9 Å². The van der Waals surface area contributed by atoms with Crippen LogP contribution < -0.4 is 5.73 Å². The van der Waals surface area contributed by atoms with Crippen LogP contribution in [-0.4, -0.2) is 28.9 Å². The molecule has 0 aromatic heterocycles. The van der Waals surface area contributed by atoms with Crippen molar-refractivity contribution in [3.8, 4) is 0 Å². The lowest BCUT2D eigenvalue weighted by Gasteiger charge is -2.17. The number of hydrogen-bond donors (Lipinski definition) is 3. The van der Waals surface area contributed by atoms with E-state index in [1.54, 1.807) is 6.92 Å². The molecule has 0 fully saturated rings. The first-order valence-electron chi connectivity index (χ1n) is 5.15. The smallest absolute Gasteiger partial charge is 0.338 e. The van der Waals surface area contributed by atoms with E-state index < -0.39 is 18.2 Å². The van der Waals surface area contributed by atoms with Gasteiger partial charge in [0.1, 0.15) is 6.10 Å². The van der Waals surface area contributed by atoms with Gasteiger partial charge in [-0.25, -0.2) is 4.79 Å². The second kappa shape index (κ2) is 6.24. The van der Waals surface area contributed by atoms with E-state index in [1.807, 2.05) is 0 Å². The Hall–Kier alpha value is -1.01. The van der Waals surface area contributed by atoms with E-state index in [4.69, 9.17) is 28.9 Å². The van der Waals surface area contributed by atoms with E-state index in [0.29, 0.717) is 0 Å². The number of carbonyl (C=O) groups is 1. The molecule has 0 aliphatic rings. The lowest BCUT2D eigenvalue weighted by atomic mass is 10.0. The summed E-state index contributed by atoms with van der Waals surface area (Å²) in [4.78, 5) is 11.3. The summed E-state index contributed by atoms with van der Waals surface area (Å²) in [5, 5.41) is 19.7. The van der Waals surface area contributed by atoms with E-state index in [9.17, 15) is 15.0 Å². The SMILES string of the molecule is CCOC(=O)C(O)C(O)c1cc(Cl)c(N)c(Cl)c1. The Morgan fingerprint density at radius 1 is 1.39 bits per heavy atom. The van der Waals surface area contributed by atoms with E-state index in [2.05, 4.69) is 4.74 Å². The van der Waals surface area contributed by atoms with Crippen LogP contribution in [0.25, 0.3) is 0 Å². The minimum Gasteiger partial charge on any atom is -0.464 e. The zero-order valence-corrected chi connectivity index (χ0v) is 11.1. The number of esters is 1. The number of benzene rings is 1. The van der Waals surface area contributed by atoms with Gasteiger partial charge in [-0.15, -0.1) is 0 Å². The molecule has 0 bridgehead atoms. The van der Waals surface area contributed by atoms with Gasteiger partial charge in [-0.3, -0.25) is 0 Å². The molecule has 0 radical (unpaired) electrons. The normalized spacial score (nSPS) is 14.1. The molecule has 100 valence electrons. The van der Waals surface area contributed by atoms with Crippen molar-refractivity contribution >= 4 is 34.9 Å². The van der Waals surface area contributed by atoms with Gasteiger partial charge in [0.05, 0.1) is 22.3 Å². The van der Waals surface area contributed by atoms with Crippen LogP contribution in [0.1, 0.15) is 18.6 Å². The fourth-order valence-electron chi connectivity index (χ4n) is 1.31. The minimum absolute atomic E-state index is 0.103. The maximum Gasteiger partial charge on any atom is 0.338 e. The molecule has 0 aliphatic carbocycles. The summed E-state index contributed by atoms with van der Waals surface area (Å²) in [5.74, 6) is -0.922. The molecule has 0 saturated carbocycles. The largest absolute Gasteiger partial charge is 0.464 e. The highest BCUT2D eigenvalue weighted by atomic mass is 35.5. The fourth-order valence-corrected chi connectivity index (χ4v) is 1.82. The van der Waals surface area contributed by atoms with E-state index in [1.165, 1.54) is 12.1 Å². The molecule has 1 aromatic rings. The third-order valence-electron chi connectivity index (χ3n) is 2.27. The van der Waals surface area contributed by atoms with Crippen LogP contribution in [0.3, 0.4) is 0 Å². The number of anilines is 1. The number of nitrogen functional groups attached to an aromatic ring is 1. The summed E-state index contributed by atoms with van der Waals surface area (Å²) in [5.41, 5.74) is 5.88. The number of hydrogen-bond acceptors (Lipinski definition) is 5. The zero-order valence-electron chi connectivity index (χ0n) is 9.56. The van der Waals surface area contributed by atoms with Gasteiger partial charge in [-0.2, -0.15) is 0 Å². The average molecular weight is 294 g/mol. The summed E-state index contributed by atoms with van der Waals surface area (Å²) >= 11 is 11.6. The summed E-state index contributed by atoms with van der Waals surface area (Å²) in [7, 11) is 0. The summed E-state index contributed by atoms with van der Waals surface area (Å²) in [6.45, 7) is 1.69. The predicted molar refractivity (Wildman–Crippen MR) is 68.5 cm³/mol. The molecular weight excluding hydrogens is 281 g/mol. The van der Waals surface area contributed by atoms with Crippen LogP contribution >= 0.6 is 23.2 Å². The number of aliphatic hydroxyl groups is 2. The third kappa shape index (κ3) is 3.26. The standard InChI is InChI=1S/C11H13Cl2NO4/c1-2-18-11(17)10(16)9(15)5-3-6(12)8(14)7(13)4-5/h3-4,9-10,15-16H,2,14H2,1H3. The quantitative estimate of drug-likeness (QED) is 0.578. The van der Waals surface area contributed by atoms with Crippen molar-refractivity contribution in [1.29, 1.82) is 0 Å². The molecule has 0 amide bonds. The molecule has 7 heteroatoms. The number of rotatable bonds is 4. The molecule has 1 aromatic carbocycles. The predicted octanol–water partition coefficient (Wildman–Crippen LogP) is 1.53. The molecule has 0 spiro atoms. The maximum atomic E-state index is 11.3. The third-order valence-corrected chi connectivity index (χ3v) is 2.90. The maximum absolute atomic E-state index is 11.3. The molecule has 0 saturated heterocycles. The van der Waals surface area contributed by atoms with Crippen LogP contribution in [-0.2, 0) is 9.53 Å². The van der Waals surface area contributed by atoms with Crippen LogP contribution in [0.5, 0.6) is 0 Å². The Morgan fingerprint density at radius 3 is 2.33 bits per heavy atom. The molecule has 4 N–H and O–H groups in total. The van der Waals surface area contributed by atoms with Crippen molar-refractivity contribution in [3.05, 3.63) is 27.7 Å². The number of nitrogens with two attached hydrogens (primary N) is 1. The van der Waals surface area contributed by atoms with Gasteiger partial charge < -0.3 is 20.7 Å². The first-order chi connectivity index (χ1) is 8.38. The molecule has 18 heavy (non-hydrogen) atoms. The van der Waals surface area contributed by atoms with Crippen molar-refractivity contribution in [2.75, 3.05) is 12.3 Å². The number of ether oxygens (including phenoxy) is 1. The van der Waals surface area contributed by atoms with Crippen molar-refractivity contribution < 1.29 is 19.7 Å². The molecule has 5 nitrogen and oxygen atoms in total. The number of halogens is 2. The van der Waals surface area contributed by atoms with Crippen molar-refractivity contribution in [2.45, 2.75) is 19.1 Å². The van der Waals surface area contributed by atoms with Crippen LogP contribution in [0.15, 0.2) is 12.1 Å². The van der Waals surface area contributed by atoms with Gasteiger partial charge in [0.2, 0.25) is 0 Å². The van der Waals surface area contributed by atoms with Gasteiger partial charge in [-0.05, 0) is 24.6 Å². The van der Waals surface area contributed by atoms with Gasteiger partial charge in [0, 0.05) is 0 Å². The van der Waals surface area contributed by atoms with Gasteiger partial charge in [-0.1, -0.05) is 23.2 Å². The van der Waals surface area contributed by atoms with Gasteiger partial charge >= 0.3 is 5.97 Å². The fraction of sp³-hybridized carbons (Fsp3) is 0.364. The first-order valence-corrected chi connectivity index (χ1v) is 5.91. The molecule has 2 atom stereocenters. The van der Waals surface area contributed by atoms with Gasteiger partial charge in [0.15, 0.2) is 6.10 Å². The van der Waals surface area contributed by atoms with Crippen molar-refractivity contribution in [1.82, 2.24) is 0 Å². The Morgan fingerprint density at radius 2 is 1.89 bits per heavy atom. The lowest BCUT2D eigenvalue weighted by Crippen LogP contribution is -2.29. The summed E-state index contributed by atoms with van der Waals surface area (Å²) in [6.07, 6.45) is -3.19. The number of carbonyl (C=O) groups excluding carboxylic acids is 1. The molecular formula is C11H13Cl2NO4. The highest BCUT2D eigenvalue weighted by Gasteiger charge is 2.27. The second-order valence-corrected chi connectivity index (χ2v) is 4.35. The summed E-state index contributed by atoms with van der Waals surface area (Å²) < 4.78 is 4.59. The van der Waals surface area contributed by atoms with E-state index in [0.717, 1.165) is 0 Å². The van der Waals surface area contributed by atoms with Gasteiger partial charge in [0.25, 0.3) is 0 Å². The van der Waals surface area contributed by atoms with E-state index >= 15 is 0 Å². The zero-order chi connectivity index (χ0) is 13.9. The molecule has 0 aliphatic heterocycles. The van der Waals surface area contributed by atoms with Crippen LogP contribution in [0.4, 0.5) is 5.69 Å². The molecule has 0 heterocycles. The average Bonchev–Trinajstić information content (AvgIpc) is 2.33. The Labute approximate surface area is 114 Å². The highest BCUT2D eigenvalue weighted by Crippen LogP contribution is 2.32. The van der Waals surface area contributed by atoms with Crippen LogP contribution in [0.2, 0.25) is 10.0 Å². The second-order valence-electron chi connectivity index (χ2n) is 3.54. The Balaban J connectivity index is 2.97. The minimum atomic E-state index is -1.71. The Kier molecular flexibility index (Phi) is 5.22. The first kappa shape index (κ1) is 15.0. The van der Waals surface area contributed by atoms with Crippen molar-refractivity contribution in [2.24, 2.45) is 0 Å². The Bertz CT molecular complexity index is 430. The number of aliphatic hydroxyl groups excluding tert-OH is 2. The molecule has 2 unspecified atom stereocenters. The monoisotopic (exact) mass is 293 g/mol. The van der Waals surface area contributed by atoms with Crippen molar-refractivity contribution in [3.63, 3.8) is 0 Å². The lowest BCUT2D eigenvalue weighted by molar-refractivity contribution is -0.159. The van der Waals surface area contributed by atoms with Crippen LogP contribution in [0, 0.1) is 0 Å². The highest BCUT2D eigenvalue weighted by molar-refractivity contribution is 6.38. The summed E-state index contributed by atoms with van der Waals surface area (Å²) in [6, 6.07) is 2.66. The topological polar surface area (TPSA) is 92.8 Å².